The number of nitrogens with two attached hydrogens (primary N) is 1. The molecule has 0 aliphatic carbocycles. The van der Waals surface area contributed by atoms with E-state index in [0.29, 0.717) is 6.42 Å². The lowest BCUT2D eigenvalue weighted by Gasteiger charge is -2.21. The molecule has 0 atom stereocenters. The van der Waals surface area contributed by atoms with Crippen LogP contribution in [0.25, 0.3) is 0 Å². The van der Waals surface area contributed by atoms with Crippen LogP contribution in [0, 0.1) is 0 Å². The van der Waals surface area contributed by atoms with Gasteiger partial charge < -0.3 is 11.1 Å². The molecule has 0 fully saturated rings. The third-order valence-corrected chi connectivity index (χ3v) is 2.72. The highest BCUT2D eigenvalue weighted by molar-refractivity contribution is 5.93. The molecule has 86 valence electrons. The van der Waals surface area contributed by atoms with E-state index in [4.69, 9.17) is 5.73 Å². The van der Waals surface area contributed by atoms with Crippen molar-refractivity contribution in [1.29, 1.82) is 0 Å². The lowest BCUT2D eigenvalue weighted by atomic mass is 9.93. The van der Waals surface area contributed by atoms with Crippen LogP contribution in [-0.4, -0.2) is 11.4 Å². The summed E-state index contributed by atoms with van der Waals surface area (Å²) >= 11 is 0. The van der Waals surface area contributed by atoms with Crippen LogP contribution in [0.5, 0.6) is 0 Å². The minimum atomic E-state index is -0.188. The van der Waals surface area contributed by atoms with Gasteiger partial charge in [-0.3, -0.25) is 4.79 Å². The van der Waals surface area contributed by atoms with Crippen LogP contribution in [-0.2, 0) is 17.6 Å². The number of carbonyl (C=O) groups excluding carboxylic acids is 1. The first-order valence-corrected chi connectivity index (χ1v) is 5.65. The number of hydrogen-bond acceptors (Lipinski definition) is 2. The fourth-order valence-corrected chi connectivity index (χ4v) is 2.07. The second-order valence-corrected chi connectivity index (χ2v) is 5.21. The number of rotatable bonds is 2. The number of anilines is 1. The smallest absolute Gasteiger partial charge is 0.224 e. The molecule has 0 unspecified atom stereocenters. The van der Waals surface area contributed by atoms with Crippen LogP contribution in [0.15, 0.2) is 18.2 Å². The normalized spacial score (nSPS) is 15.6. The van der Waals surface area contributed by atoms with E-state index >= 15 is 0 Å². The van der Waals surface area contributed by atoms with Gasteiger partial charge in [-0.2, -0.15) is 0 Å². The van der Waals surface area contributed by atoms with Crippen molar-refractivity contribution in [1.82, 2.24) is 0 Å². The predicted molar refractivity (Wildman–Crippen MR) is 65.4 cm³/mol. The van der Waals surface area contributed by atoms with Gasteiger partial charge in [-0.1, -0.05) is 12.1 Å². The second kappa shape index (κ2) is 3.91. The summed E-state index contributed by atoms with van der Waals surface area (Å²) in [7, 11) is 0. The van der Waals surface area contributed by atoms with Gasteiger partial charge in [0.1, 0.15) is 0 Å². The molecule has 0 radical (unpaired) electrons. The molecule has 1 aliphatic rings. The van der Waals surface area contributed by atoms with E-state index in [2.05, 4.69) is 11.4 Å². The fraction of sp³-hybridized carbons (Fsp3) is 0.462. The van der Waals surface area contributed by atoms with Crippen LogP contribution in [0.2, 0.25) is 0 Å². The Morgan fingerprint density at radius 1 is 1.38 bits per heavy atom. The summed E-state index contributed by atoms with van der Waals surface area (Å²) in [6, 6.07) is 6.18. The number of hydrogen-bond donors (Lipinski definition) is 2. The molecule has 0 aromatic heterocycles. The van der Waals surface area contributed by atoms with Crippen LogP contribution in [0.4, 0.5) is 5.69 Å². The molecule has 2 rings (SSSR count). The second-order valence-electron chi connectivity index (χ2n) is 5.21. The van der Waals surface area contributed by atoms with Crippen molar-refractivity contribution in [3.05, 3.63) is 29.3 Å². The summed E-state index contributed by atoms with van der Waals surface area (Å²) in [5, 5.41) is 2.88. The van der Waals surface area contributed by atoms with Crippen molar-refractivity contribution in [3.8, 4) is 0 Å². The number of amides is 1. The monoisotopic (exact) mass is 218 g/mol. The number of carbonyl (C=O) groups is 1. The minimum Gasteiger partial charge on any atom is -0.326 e. The highest BCUT2D eigenvalue weighted by Crippen LogP contribution is 2.24. The summed E-state index contributed by atoms with van der Waals surface area (Å²) in [6.07, 6.45) is 2.27. The first-order chi connectivity index (χ1) is 7.44. The van der Waals surface area contributed by atoms with E-state index in [-0.39, 0.29) is 11.4 Å². The zero-order chi connectivity index (χ0) is 11.8. The standard InChI is InChI=1S/C13H18N2O/c1-13(2,14)8-9-3-5-11-10(7-9)4-6-12(16)15-11/h3,5,7H,4,6,8,14H2,1-2H3,(H,15,16). The molecule has 0 saturated heterocycles. The lowest BCUT2D eigenvalue weighted by molar-refractivity contribution is -0.116. The highest BCUT2D eigenvalue weighted by Gasteiger charge is 2.17. The maximum Gasteiger partial charge on any atom is 0.224 e. The fourth-order valence-electron chi connectivity index (χ4n) is 2.07. The minimum absolute atomic E-state index is 0.111. The van der Waals surface area contributed by atoms with E-state index in [1.807, 2.05) is 26.0 Å². The first-order valence-electron chi connectivity index (χ1n) is 5.65. The Hall–Kier alpha value is -1.35. The first kappa shape index (κ1) is 11.1. The van der Waals surface area contributed by atoms with Crippen molar-refractivity contribution in [2.45, 2.75) is 38.6 Å². The van der Waals surface area contributed by atoms with Crippen LogP contribution >= 0.6 is 0 Å². The van der Waals surface area contributed by atoms with Gasteiger partial charge in [0, 0.05) is 17.6 Å². The third-order valence-electron chi connectivity index (χ3n) is 2.72. The summed E-state index contributed by atoms with van der Waals surface area (Å²) in [5.41, 5.74) is 9.22. The molecule has 1 aromatic carbocycles. The third kappa shape index (κ3) is 2.61. The molecule has 0 spiro atoms. The molecule has 0 bridgehead atoms. The molecule has 1 heterocycles. The Bertz CT molecular complexity index is 418. The zero-order valence-electron chi connectivity index (χ0n) is 9.84. The number of fused-ring (bicyclic) bond motifs is 1. The Kier molecular flexibility index (Phi) is 2.72. The van der Waals surface area contributed by atoms with E-state index < -0.39 is 0 Å². The van der Waals surface area contributed by atoms with E-state index in [1.165, 1.54) is 11.1 Å². The number of aryl methyl sites for hydroxylation is 1. The Morgan fingerprint density at radius 2 is 2.12 bits per heavy atom. The average Bonchev–Trinajstić information content (AvgIpc) is 2.16. The molecule has 1 amide bonds. The van der Waals surface area contributed by atoms with Crippen molar-refractivity contribution in [3.63, 3.8) is 0 Å². The number of benzene rings is 1. The van der Waals surface area contributed by atoms with Crippen LogP contribution in [0.1, 0.15) is 31.4 Å². The molecule has 3 heteroatoms. The molecule has 1 aromatic rings. The van der Waals surface area contributed by atoms with E-state index in [0.717, 1.165) is 18.5 Å². The molecule has 3 N–H and O–H groups in total. The van der Waals surface area contributed by atoms with E-state index in [1.54, 1.807) is 0 Å². The van der Waals surface area contributed by atoms with Crippen LogP contribution in [0.3, 0.4) is 0 Å². The van der Waals surface area contributed by atoms with Crippen molar-refractivity contribution in [2.75, 3.05) is 5.32 Å². The maximum atomic E-state index is 11.2. The Labute approximate surface area is 96.0 Å². The van der Waals surface area contributed by atoms with Gasteiger partial charge in [-0.05, 0) is 43.9 Å². The predicted octanol–water partition coefficient (Wildman–Crippen LogP) is 1.85. The molecular formula is C13H18N2O. The highest BCUT2D eigenvalue weighted by atomic mass is 16.1. The summed E-state index contributed by atoms with van der Waals surface area (Å²) in [4.78, 5) is 11.2. The molecule has 0 saturated carbocycles. The molecule has 16 heavy (non-hydrogen) atoms. The summed E-state index contributed by atoms with van der Waals surface area (Å²) in [6.45, 7) is 4.04. The topological polar surface area (TPSA) is 55.1 Å². The zero-order valence-corrected chi connectivity index (χ0v) is 9.84. The van der Waals surface area contributed by atoms with Gasteiger partial charge in [0.05, 0.1) is 0 Å². The summed E-state index contributed by atoms with van der Waals surface area (Å²) in [5.74, 6) is 0.111. The summed E-state index contributed by atoms with van der Waals surface area (Å²) < 4.78 is 0. The van der Waals surface area contributed by atoms with Crippen molar-refractivity contribution in [2.24, 2.45) is 5.73 Å². The van der Waals surface area contributed by atoms with E-state index in [9.17, 15) is 4.79 Å². The Balaban J connectivity index is 2.23. The van der Waals surface area contributed by atoms with Gasteiger partial charge in [-0.25, -0.2) is 0 Å². The van der Waals surface area contributed by atoms with Crippen LogP contribution < -0.4 is 11.1 Å². The van der Waals surface area contributed by atoms with Gasteiger partial charge in [0.2, 0.25) is 5.91 Å². The van der Waals surface area contributed by atoms with Gasteiger partial charge in [-0.15, -0.1) is 0 Å². The van der Waals surface area contributed by atoms with Gasteiger partial charge in [0.25, 0.3) is 0 Å². The molecule has 3 nitrogen and oxygen atoms in total. The maximum absolute atomic E-state index is 11.2. The van der Waals surface area contributed by atoms with Crippen molar-refractivity contribution >= 4 is 11.6 Å². The average molecular weight is 218 g/mol. The van der Waals surface area contributed by atoms with Crippen molar-refractivity contribution < 1.29 is 4.79 Å². The SMILES string of the molecule is CC(C)(N)Cc1ccc2c(c1)CCC(=O)N2. The number of nitrogens with one attached hydrogen (secondary N) is 1. The molecular weight excluding hydrogens is 200 g/mol. The van der Waals surface area contributed by atoms with Gasteiger partial charge in [0.15, 0.2) is 0 Å². The molecule has 1 aliphatic heterocycles. The lowest BCUT2D eigenvalue weighted by Crippen LogP contribution is -2.34. The quantitative estimate of drug-likeness (QED) is 0.796. The van der Waals surface area contributed by atoms with Gasteiger partial charge >= 0.3 is 0 Å². The largest absolute Gasteiger partial charge is 0.326 e. The Morgan fingerprint density at radius 3 is 2.81 bits per heavy atom.